The molecule has 0 amide bonds. The number of carbonyl (C=O) groups is 1. The van der Waals surface area contributed by atoms with Crippen LogP contribution in [0.5, 0.6) is 5.75 Å². The second-order valence-corrected chi connectivity index (χ2v) is 8.99. The minimum Gasteiger partial charge on any atom is -0.488 e. The minimum absolute atomic E-state index is 0.0209. The zero-order valence-electron chi connectivity index (χ0n) is 16.7. The van der Waals surface area contributed by atoms with Crippen LogP contribution in [0.1, 0.15) is 12.0 Å². The molecular weight excluding hydrogens is 437 g/mol. The molecule has 0 radical (unpaired) electrons. The van der Waals surface area contributed by atoms with Crippen LogP contribution in [-0.4, -0.2) is 60.4 Å². The van der Waals surface area contributed by atoms with Crippen molar-refractivity contribution in [1.29, 1.82) is 0 Å². The minimum atomic E-state index is -5.08. The predicted octanol–water partition coefficient (Wildman–Crippen LogP) is 2.99. The number of pyridine rings is 1. The Morgan fingerprint density at radius 3 is 2.39 bits per heavy atom. The van der Waals surface area contributed by atoms with Crippen LogP contribution >= 0.6 is 0 Å². The van der Waals surface area contributed by atoms with E-state index in [9.17, 15) is 21.6 Å². The first-order valence-corrected chi connectivity index (χ1v) is 11.2. The molecule has 1 fully saturated rings. The molecule has 0 saturated carbocycles. The highest BCUT2D eigenvalue weighted by molar-refractivity contribution is 7.88. The van der Waals surface area contributed by atoms with E-state index >= 15 is 0 Å². The van der Waals surface area contributed by atoms with Crippen LogP contribution in [0.3, 0.4) is 0 Å². The van der Waals surface area contributed by atoms with Gasteiger partial charge in [0, 0.05) is 25.2 Å². The fourth-order valence-corrected chi connectivity index (χ4v) is 4.04. The van der Waals surface area contributed by atoms with E-state index in [-0.39, 0.29) is 12.0 Å². The maximum Gasteiger partial charge on any atom is 0.490 e. The molecule has 0 unspecified atom stereocenters. The summed E-state index contributed by atoms with van der Waals surface area (Å²) in [6.07, 6.45) is 1.04. The molecule has 7 nitrogen and oxygen atoms in total. The molecular formula is C20H23F3N2O5S. The molecule has 2 heterocycles. The van der Waals surface area contributed by atoms with E-state index in [1.54, 1.807) is 16.7 Å². The van der Waals surface area contributed by atoms with Gasteiger partial charge in [0.2, 0.25) is 10.0 Å². The summed E-state index contributed by atoms with van der Waals surface area (Å²) in [5.74, 6) is -1.92. The molecule has 3 rings (SSSR count). The number of carboxylic acid groups (broad SMARTS) is 1. The number of hydrogen-bond acceptors (Lipinski definition) is 5. The van der Waals surface area contributed by atoms with Crippen molar-refractivity contribution in [3.8, 4) is 5.75 Å². The molecule has 1 aromatic heterocycles. The molecule has 31 heavy (non-hydrogen) atoms. The number of halogens is 3. The molecule has 0 aliphatic carbocycles. The lowest BCUT2D eigenvalue weighted by atomic mass is 9.89. The van der Waals surface area contributed by atoms with E-state index in [0.717, 1.165) is 12.2 Å². The van der Waals surface area contributed by atoms with Gasteiger partial charge in [0.05, 0.1) is 12.5 Å². The summed E-state index contributed by atoms with van der Waals surface area (Å²) < 4.78 is 63.3. The van der Waals surface area contributed by atoms with Crippen molar-refractivity contribution in [2.45, 2.75) is 25.1 Å². The van der Waals surface area contributed by atoms with Crippen molar-refractivity contribution in [2.75, 3.05) is 19.3 Å². The summed E-state index contributed by atoms with van der Waals surface area (Å²) in [6, 6.07) is 13.9. The predicted molar refractivity (Wildman–Crippen MR) is 107 cm³/mol. The van der Waals surface area contributed by atoms with Crippen molar-refractivity contribution < 1.29 is 36.2 Å². The summed E-state index contributed by atoms with van der Waals surface area (Å²) in [5.41, 5.74) is 1.19. The average Bonchev–Trinajstić information content (AvgIpc) is 2.70. The van der Waals surface area contributed by atoms with Gasteiger partial charge in [0.25, 0.3) is 0 Å². The molecule has 1 aromatic carbocycles. The number of rotatable bonds is 5. The van der Waals surface area contributed by atoms with Crippen LogP contribution in [0.25, 0.3) is 0 Å². The van der Waals surface area contributed by atoms with Crippen LogP contribution in [0.2, 0.25) is 0 Å². The standard InChI is InChI=1S/C18H22N2O3S.C2HF3O2/c1-24(21,22)20-11-9-18(23-17-8-5-10-19-13-17)16(14-20)12-15-6-3-2-4-7-15;3-2(4,5)1(6)7/h2-8,10,13,16,18H,9,11-12,14H2,1H3;(H,6,7)/t16-,18+;/m0./s1. The first-order chi connectivity index (χ1) is 14.5. The smallest absolute Gasteiger partial charge is 0.488 e. The molecule has 2 aromatic rings. The lowest BCUT2D eigenvalue weighted by molar-refractivity contribution is -0.192. The number of sulfonamides is 1. The van der Waals surface area contributed by atoms with E-state index in [1.165, 1.54) is 11.8 Å². The summed E-state index contributed by atoms with van der Waals surface area (Å²) in [4.78, 5) is 13.0. The molecule has 11 heteroatoms. The lowest BCUT2D eigenvalue weighted by Crippen LogP contribution is -2.48. The van der Waals surface area contributed by atoms with Gasteiger partial charge >= 0.3 is 12.1 Å². The first-order valence-electron chi connectivity index (χ1n) is 9.32. The molecule has 170 valence electrons. The van der Waals surface area contributed by atoms with Crippen LogP contribution in [-0.2, 0) is 21.2 Å². The van der Waals surface area contributed by atoms with Gasteiger partial charge in [-0.05, 0) is 30.5 Å². The van der Waals surface area contributed by atoms with Gasteiger partial charge < -0.3 is 9.84 Å². The summed E-state index contributed by atoms with van der Waals surface area (Å²) in [7, 11) is -3.18. The Bertz CT molecular complexity index is 940. The Morgan fingerprint density at radius 2 is 1.87 bits per heavy atom. The van der Waals surface area contributed by atoms with Crippen LogP contribution in [0, 0.1) is 5.92 Å². The van der Waals surface area contributed by atoms with E-state index in [4.69, 9.17) is 14.6 Å². The molecule has 1 saturated heterocycles. The Balaban J connectivity index is 0.000000423. The van der Waals surface area contributed by atoms with Gasteiger partial charge in [-0.15, -0.1) is 0 Å². The fraction of sp³-hybridized carbons (Fsp3) is 0.400. The second kappa shape index (κ2) is 10.6. The number of carboxylic acids is 1. The van der Waals surface area contributed by atoms with Crippen LogP contribution in [0.4, 0.5) is 13.2 Å². The maximum atomic E-state index is 11.9. The lowest BCUT2D eigenvalue weighted by Gasteiger charge is -2.37. The molecule has 0 spiro atoms. The zero-order chi connectivity index (χ0) is 23.1. The number of hydrogen-bond donors (Lipinski definition) is 1. The highest BCUT2D eigenvalue weighted by Gasteiger charge is 2.38. The molecule has 1 N–H and O–H groups in total. The van der Waals surface area contributed by atoms with Gasteiger partial charge in [-0.1, -0.05) is 30.3 Å². The van der Waals surface area contributed by atoms with Gasteiger partial charge in [-0.3, -0.25) is 4.98 Å². The van der Waals surface area contributed by atoms with E-state index in [0.29, 0.717) is 19.5 Å². The van der Waals surface area contributed by atoms with Crippen LogP contribution in [0.15, 0.2) is 54.9 Å². The maximum absolute atomic E-state index is 11.9. The Kier molecular flexibility index (Phi) is 8.40. The monoisotopic (exact) mass is 460 g/mol. The third kappa shape index (κ3) is 8.18. The summed E-state index contributed by atoms with van der Waals surface area (Å²) >= 11 is 0. The first kappa shape index (κ1) is 24.6. The van der Waals surface area contributed by atoms with Crippen molar-refractivity contribution in [2.24, 2.45) is 5.92 Å². The molecule has 0 bridgehead atoms. The summed E-state index contributed by atoms with van der Waals surface area (Å²) in [5, 5.41) is 7.12. The van der Waals surface area contributed by atoms with E-state index < -0.39 is 22.2 Å². The van der Waals surface area contributed by atoms with Crippen molar-refractivity contribution >= 4 is 16.0 Å². The van der Waals surface area contributed by atoms with Gasteiger partial charge in [-0.25, -0.2) is 17.5 Å². The van der Waals surface area contributed by atoms with E-state index in [1.807, 2.05) is 30.3 Å². The largest absolute Gasteiger partial charge is 0.490 e. The van der Waals surface area contributed by atoms with Crippen molar-refractivity contribution in [3.63, 3.8) is 0 Å². The van der Waals surface area contributed by atoms with Gasteiger partial charge in [0.1, 0.15) is 11.9 Å². The fourth-order valence-electron chi connectivity index (χ4n) is 3.14. The number of aliphatic carboxylic acids is 1. The summed E-state index contributed by atoms with van der Waals surface area (Å²) in [6.45, 7) is 0.980. The Labute approximate surface area is 178 Å². The highest BCUT2D eigenvalue weighted by atomic mass is 32.2. The van der Waals surface area contributed by atoms with Gasteiger partial charge in [-0.2, -0.15) is 13.2 Å². The quantitative estimate of drug-likeness (QED) is 0.737. The van der Waals surface area contributed by atoms with E-state index in [2.05, 4.69) is 17.1 Å². The molecule has 2 atom stereocenters. The second-order valence-electron chi connectivity index (χ2n) is 7.01. The Morgan fingerprint density at radius 1 is 1.23 bits per heavy atom. The number of piperidine rings is 1. The Hall–Kier alpha value is -2.66. The zero-order valence-corrected chi connectivity index (χ0v) is 17.5. The van der Waals surface area contributed by atoms with Crippen molar-refractivity contribution in [1.82, 2.24) is 9.29 Å². The number of aromatic nitrogens is 1. The third-order valence-corrected chi connectivity index (χ3v) is 5.87. The third-order valence-electron chi connectivity index (χ3n) is 4.60. The topological polar surface area (TPSA) is 96.8 Å². The number of ether oxygens (including phenoxy) is 1. The normalized spacial score (nSPS) is 19.7. The molecule has 1 aliphatic rings. The highest BCUT2D eigenvalue weighted by Crippen LogP contribution is 2.27. The van der Waals surface area contributed by atoms with Crippen molar-refractivity contribution in [3.05, 3.63) is 60.4 Å². The SMILES string of the molecule is CS(=O)(=O)N1CC[C@@H](Oc2cccnc2)[C@@H](Cc2ccccc2)C1.O=C(O)C(F)(F)F. The van der Waals surface area contributed by atoms with Crippen LogP contribution < -0.4 is 4.74 Å². The number of benzene rings is 1. The van der Waals surface area contributed by atoms with Gasteiger partial charge in [0.15, 0.2) is 0 Å². The number of nitrogens with zero attached hydrogens (tertiary/aromatic N) is 2. The average molecular weight is 460 g/mol. The number of alkyl halides is 3. The molecule has 1 aliphatic heterocycles.